The molecule has 1 aromatic rings. The van der Waals surface area contributed by atoms with E-state index >= 15 is 0 Å². The maximum atomic E-state index is 11.9. The predicted octanol–water partition coefficient (Wildman–Crippen LogP) is 2.74. The van der Waals surface area contributed by atoms with Crippen LogP contribution in [0, 0.1) is 6.92 Å². The van der Waals surface area contributed by atoms with Gasteiger partial charge in [0, 0.05) is 18.2 Å². The molecule has 0 bridgehead atoms. The number of alkyl halides is 2. The molecule has 0 spiro atoms. The number of nitrogens with zero attached hydrogens (tertiary/aromatic N) is 1. The van der Waals surface area contributed by atoms with Gasteiger partial charge in [-0.1, -0.05) is 17.3 Å². The molecule has 0 aromatic heterocycles. The van der Waals surface area contributed by atoms with Crippen LogP contribution in [0.2, 0.25) is 0 Å². The van der Waals surface area contributed by atoms with Gasteiger partial charge in [0.2, 0.25) is 0 Å². The second-order valence-electron chi connectivity index (χ2n) is 4.98. The van der Waals surface area contributed by atoms with Crippen LogP contribution in [0.25, 0.3) is 0 Å². The van der Waals surface area contributed by atoms with Gasteiger partial charge in [0.15, 0.2) is 15.4 Å². The van der Waals surface area contributed by atoms with Crippen LogP contribution in [0.3, 0.4) is 0 Å². The second kappa shape index (κ2) is 5.54. The van der Waals surface area contributed by atoms with E-state index in [9.17, 15) is 8.42 Å². The number of oxime groups is 1. The van der Waals surface area contributed by atoms with E-state index in [1.165, 1.54) is 6.26 Å². The van der Waals surface area contributed by atoms with E-state index in [0.717, 1.165) is 5.56 Å². The summed E-state index contributed by atoms with van der Waals surface area (Å²) < 4.78 is 23.8. The second-order valence-corrected chi connectivity index (χ2v) is 7.50. The highest BCUT2D eigenvalue weighted by Crippen LogP contribution is 2.32. The minimum Gasteiger partial charge on any atom is -0.386 e. The molecule has 0 aliphatic carbocycles. The molecule has 1 heterocycles. The van der Waals surface area contributed by atoms with Crippen LogP contribution in [0.15, 0.2) is 28.3 Å². The monoisotopic (exact) mass is 335 g/mol. The van der Waals surface area contributed by atoms with Crippen LogP contribution in [0.5, 0.6) is 0 Å². The fraction of sp³-hybridized carbons (Fsp3) is 0.462. The molecule has 7 heteroatoms. The lowest BCUT2D eigenvalue weighted by atomic mass is 9.95. The number of hydrogen-bond acceptors (Lipinski definition) is 4. The van der Waals surface area contributed by atoms with Crippen molar-refractivity contribution in [1.82, 2.24) is 0 Å². The summed E-state index contributed by atoms with van der Waals surface area (Å²) >= 11 is 11.8. The fourth-order valence-corrected chi connectivity index (χ4v) is 3.70. The molecule has 1 aliphatic heterocycles. The van der Waals surface area contributed by atoms with Gasteiger partial charge in [-0.2, -0.15) is 0 Å². The first-order valence-corrected chi connectivity index (χ1v) is 8.96. The number of benzene rings is 1. The van der Waals surface area contributed by atoms with E-state index in [4.69, 9.17) is 28.0 Å². The SMILES string of the molecule is Cc1cccc(S(C)(=O)=O)c1C1=NOC(CCl)(CCl)C1. The zero-order valence-corrected chi connectivity index (χ0v) is 13.5. The summed E-state index contributed by atoms with van der Waals surface area (Å²) in [7, 11) is -3.35. The van der Waals surface area contributed by atoms with Gasteiger partial charge in [-0.3, -0.25) is 0 Å². The van der Waals surface area contributed by atoms with Crippen molar-refractivity contribution in [2.24, 2.45) is 5.16 Å². The standard InChI is InChI=1S/C13H15Cl2NO3S/c1-9-4-3-5-11(20(2,17)18)12(9)10-6-13(7-14,8-15)19-16-10/h3-5H,6-8H2,1-2H3. The van der Waals surface area contributed by atoms with E-state index in [1.807, 2.05) is 13.0 Å². The number of aryl methyl sites for hydroxylation is 1. The number of halogens is 2. The van der Waals surface area contributed by atoms with Gasteiger partial charge < -0.3 is 4.84 Å². The fourth-order valence-electron chi connectivity index (χ4n) is 2.15. The molecule has 0 radical (unpaired) electrons. The largest absolute Gasteiger partial charge is 0.386 e. The van der Waals surface area contributed by atoms with Gasteiger partial charge in [-0.15, -0.1) is 23.2 Å². The quantitative estimate of drug-likeness (QED) is 0.795. The van der Waals surface area contributed by atoms with Crippen molar-refractivity contribution in [3.63, 3.8) is 0 Å². The summed E-state index contributed by atoms with van der Waals surface area (Å²) in [4.78, 5) is 5.61. The van der Waals surface area contributed by atoms with Gasteiger partial charge in [0.1, 0.15) is 0 Å². The molecule has 0 saturated carbocycles. The first-order valence-electron chi connectivity index (χ1n) is 6.00. The highest BCUT2D eigenvalue weighted by atomic mass is 35.5. The van der Waals surface area contributed by atoms with E-state index in [1.54, 1.807) is 12.1 Å². The van der Waals surface area contributed by atoms with Gasteiger partial charge in [-0.05, 0) is 18.6 Å². The Morgan fingerprint density at radius 2 is 2.00 bits per heavy atom. The highest BCUT2D eigenvalue weighted by molar-refractivity contribution is 7.90. The minimum atomic E-state index is -3.35. The molecule has 0 atom stereocenters. The Morgan fingerprint density at radius 3 is 2.50 bits per heavy atom. The predicted molar refractivity (Wildman–Crippen MR) is 80.7 cm³/mol. The molecule has 1 aromatic carbocycles. The molecule has 0 fully saturated rings. The minimum absolute atomic E-state index is 0.198. The summed E-state index contributed by atoms with van der Waals surface area (Å²) in [5, 5.41) is 4.02. The van der Waals surface area contributed by atoms with Crippen LogP contribution >= 0.6 is 23.2 Å². The van der Waals surface area contributed by atoms with Gasteiger partial charge >= 0.3 is 0 Å². The van der Waals surface area contributed by atoms with E-state index in [0.29, 0.717) is 17.7 Å². The molecular weight excluding hydrogens is 321 g/mol. The third-order valence-corrected chi connectivity index (χ3v) is 5.36. The van der Waals surface area contributed by atoms with Crippen LogP contribution in [0.1, 0.15) is 17.5 Å². The van der Waals surface area contributed by atoms with Crippen LogP contribution in [-0.2, 0) is 14.7 Å². The number of rotatable bonds is 4. The molecule has 0 unspecified atom stereocenters. The van der Waals surface area contributed by atoms with Crippen LogP contribution < -0.4 is 0 Å². The average Bonchev–Trinajstić information content (AvgIpc) is 2.82. The van der Waals surface area contributed by atoms with Crippen molar-refractivity contribution in [2.75, 3.05) is 18.0 Å². The zero-order valence-electron chi connectivity index (χ0n) is 11.2. The Morgan fingerprint density at radius 1 is 1.35 bits per heavy atom. The molecule has 0 amide bonds. The molecule has 4 nitrogen and oxygen atoms in total. The summed E-state index contributed by atoms with van der Waals surface area (Å²) in [5.41, 5.74) is 1.24. The van der Waals surface area contributed by atoms with Gasteiger partial charge in [0.05, 0.1) is 22.4 Å². The van der Waals surface area contributed by atoms with Crippen molar-refractivity contribution in [2.45, 2.75) is 23.8 Å². The van der Waals surface area contributed by atoms with Crippen LogP contribution in [0.4, 0.5) is 0 Å². The Hall–Kier alpha value is -0.780. The van der Waals surface area contributed by atoms with Crippen molar-refractivity contribution in [3.05, 3.63) is 29.3 Å². The third kappa shape index (κ3) is 2.80. The maximum Gasteiger partial charge on any atom is 0.176 e. The van der Waals surface area contributed by atoms with Crippen molar-refractivity contribution < 1.29 is 13.3 Å². The average molecular weight is 336 g/mol. The Labute approximate surface area is 128 Å². The first-order chi connectivity index (χ1) is 9.33. The molecule has 0 saturated heterocycles. The smallest absolute Gasteiger partial charge is 0.176 e. The zero-order chi connectivity index (χ0) is 15.0. The van der Waals surface area contributed by atoms with E-state index < -0.39 is 15.4 Å². The lowest BCUT2D eigenvalue weighted by molar-refractivity contribution is 0.0181. The summed E-state index contributed by atoms with van der Waals surface area (Å²) in [5.74, 6) is 0.396. The third-order valence-electron chi connectivity index (χ3n) is 3.25. The molecule has 1 aliphatic rings. The van der Waals surface area contributed by atoms with E-state index in [2.05, 4.69) is 5.16 Å². The normalized spacial score (nSPS) is 17.7. The summed E-state index contributed by atoms with van der Waals surface area (Å²) in [6.07, 6.45) is 1.57. The van der Waals surface area contributed by atoms with Crippen molar-refractivity contribution in [1.29, 1.82) is 0 Å². The van der Waals surface area contributed by atoms with Gasteiger partial charge in [0.25, 0.3) is 0 Å². The van der Waals surface area contributed by atoms with Crippen molar-refractivity contribution in [3.8, 4) is 0 Å². The lowest BCUT2D eigenvalue weighted by Gasteiger charge is -2.20. The molecule has 20 heavy (non-hydrogen) atoms. The van der Waals surface area contributed by atoms with Gasteiger partial charge in [-0.25, -0.2) is 8.42 Å². The lowest BCUT2D eigenvalue weighted by Crippen LogP contribution is -2.33. The number of sulfone groups is 1. The van der Waals surface area contributed by atoms with Crippen LogP contribution in [-0.4, -0.2) is 37.7 Å². The molecule has 110 valence electrons. The molecule has 2 rings (SSSR count). The highest BCUT2D eigenvalue weighted by Gasteiger charge is 2.39. The molecular formula is C13H15Cl2NO3S. The Bertz CT molecular complexity index is 652. The maximum absolute atomic E-state index is 11.9. The Balaban J connectivity index is 2.51. The molecule has 0 N–H and O–H groups in total. The summed E-state index contributed by atoms with van der Waals surface area (Å²) in [6, 6.07) is 5.12. The summed E-state index contributed by atoms with van der Waals surface area (Å²) in [6.45, 7) is 1.84. The Kier molecular flexibility index (Phi) is 4.33. The topological polar surface area (TPSA) is 55.7 Å². The van der Waals surface area contributed by atoms with Crippen molar-refractivity contribution >= 4 is 38.8 Å². The first kappa shape index (κ1) is 15.6. The number of hydrogen-bond donors (Lipinski definition) is 0. The van der Waals surface area contributed by atoms with E-state index in [-0.39, 0.29) is 16.7 Å².